The highest BCUT2D eigenvalue weighted by atomic mass is 32.2. The summed E-state index contributed by atoms with van der Waals surface area (Å²) in [6.07, 6.45) is 0.585. The number of aromatic nitrogens is 2. The molecule has 5 rings (SSSR count). The smallest absolute Gasteiger partial charge is 0.308 e. The maximum absolute atomic E-state index is 13.6. The van der Waals surface area contributed by atoms with Crippen molar-refractivity contribution in [2.24, 2.45) is 5.92 Å². The first-order valence-corrected chi connectivity index (χ1v) is 12.9. The third-order valence-corrected chi connectivity index (χ3v) is 8.13. The quantitative estimate of drug-likeness (QED) is 0.416. The molecule has 2 heterocycles. The molecule has 0 amide bonds. The average molecular weight is 491 g/mol. The number of sulfonamides is 1. The molecule has 2 N–H and O–H groups in total. The molecular weight excluding hydrogens is 464 g/mol. The minimum absolute atomic E-state index is 0.151. The number of benzene rings is 3. The number of fused-ring (bicyclic) bond motifs is 1. The van der Waals surface area contributed by atoms with Gasteiger partial charge in [0.1, 0.15) is 4.90 Å². The lowest BCUT2D eigenvalue weighted by molar-refractivity contribution is -0.140. The van der Waals surface area contributed by atoms with Gasteiger partial charge < -0.3 is 10.0 Å². The second-order valence-corrected chi connectivity index (χ2v) is 10.4. The largest absolute Gasteiger partial charge is 0.481 e. The first kappa shape index (κ1) is 22.9. The van der Waals surface area contributed by atoms with Crippen LogP contribution in [0.4, 0.5) is 11.4 Å². The van der Waals surface area contributed by atoms with E-state index in [-0.39, 0.29) is 4.90 Å². The molecule has 0 radical (unpaired) electrons. The molecule has 1 aromatic heterocycles. The summed E-state index contributed by atoms with van der Waals surface area (Å²) in [6.45, 7) is 4.51. The zero-order chi connectivity index (χ0) is 24.7. The van der Waals surface area contributed by atoms with Crippen LogP contribution in [-0.4, -0.2) is 42.4 Å². The molecule has 4 aromatic rings. The molecule has 3 aromatic carbocycles. The number of rotatable bonds is 6. The van der Waals surface area contributed by atoms with E-state index in [1.807, 2.05) is 60.7 Å². The van der Waals surface area contributed by atoms with Gasteiger partial charge in [0.25, 0.3) is 10.0 Å². The van der Waals surface area contributed by atoms with Crippen molar-refractivity contribution < 1.29 is 18.3 Å². The Balaban J connectivity index is 1.52. The van der Waals surface area contributed by atoms with Gasteiger partial charge in [-0.05, 0) is 44.5 Å². The van der Waals surface area contributed by atoms with Crippen LogP contribution in [0, 0.1) is 19.8 Å². The number of hydrogen-bond acceptors (Lipinski definition) is 5. The fraction of sp³-hybridized carbons (Fsp3) is 0.231. The van der Waals surface area contributed by atoms with Gasteiger partial charge in [-0.15, -0.1) is 0 Å². The normalized spacial score (nSPS) is 16.1. The number of anilines is 2. The molecule has 0 unspecified atom stereocenters. The van der Waals surface area contributed by atoms with E-state index in [0.717, 1.165) is 22.1 Å². The molecule has 0 saturated carbocycles. The second kappa shape index (κ2) is 8.74. The van der Waals surface area contributed by atoms with Crippen LogP contribution >= 0.6 is 0 Å². The predicted octanol–water partition coefficient (Wildman–Crippen LogP) is 4.35. The first-order chi connectivity index (χ1) is 16.8. The summed E-state index contributed by atoms with van der Waals surface area (Å²) in [5, 5.41) is 15.5. The molecule has 1 aliphatic heterocycles. The molecule has 1 saturated heterocycles. The number of carbonyl (C=O) groups is 1. The summed E-state index contributed by atoms with van der Waals surface area (Å²) in [5.74, 6) is -1.19. The summed E-state index contributed by atoms with van der Waals surface area (Å²) >= 11 is 0. The van der Waals surface area contributed by atoms with E-state index in [4.69, 9.17) is 0 Å². The lowest BCUT2D eigenvalue weighted by atomic mass is 10.1. The van der Waals surface area contributed by atoms with Crippen molar-refractivity contribution in [3.05, 3.63) is 78.1 Å². The zero-order valence-corrected chi connectivity index (χ0v) is 20.3. The van der Waals surface area contributed by atoms with Gasteiger partial charge in [0, 0.05) is 29.5 Å². The molecule has 8 nitrogen and oxygen atoms in total. The summed E-state index contributed by atoms with van der Waals surface area (Å²) in [5.41, 5.74) is 3.09. The van der Waals surface area contributed by atoms with Gasteiger partial charge in [-0.25, -0.2) is 13.1 Å². The van der Waals surface area contributed by atoms with E-state index in [0.29, 0.717) is 36.6 Å². The van der Waals surface area contributed by atoms with E-state index >= 15 is 0 Å². The minimum Gasteiger partial charge on any atom is -0.481 e. The highest BCUT2D eigenvalue weighted by molar-refractivity contribution is 7.92. The van der Waals surface area contributed by atoms with Gasteiger partial charge in [-0.1, -0.05) is 42.5 Å². The molecule has 180 valence electrons. The van der Waals surface area contributed by atoms with Crippen LogP contribution in [0.3, 0.4) is 0 Å². The number of para-hydroxylation sites is 1. The Morgan fingerprint density at radius 3 is 2.37 bits per heavy atom. The van der Waals surface area contributed by atoms with Crippen LogP contribution in [0.25, 0.3) is 16.5 Å². The number of nitrogens with one attached hydrogen (secondary N) is 1. The third-order valence-electron chi connectivity index (χ3n) is 6.52. The fourth-order valence-corrected chi connectivity index (χ4v) is 6.34. The Morgan fingerprint density at radius 1 is 1.00 bits per heavy atom. The number of nitrogens with zero attached hydrogens (tertiary/aromatic N) is 3. The SMILES string of the molecule is Cc1nn(-c2ccccc2)c(C)c1S(=O)(=O)Nc1ccc(N2CC[C@H](C(=O)O)C2)c2ccccc12. The van der Waals surface area contributed by atoms with Crippen LogP contribution in [0.15, 0.2) is 71.6 Å². The van der Waals surface area contributed by atoms with Crippen molar-refractivity contribution in [1.29, 1.82) is 0 Å². The molecule has 1 atom stereocenters. The van der Waals surface area contributed by atoms with E-state index in [1.54, 1.807) is 24.6 Å². The molecule has 0 bridgehead atoms. The Hall–Kier alpha value is -3.85. The average Bonchev–Trinajstić information content (AvgIpc) is 3.45. The van der Waals surface area contributed by atoms with Crippen molar-refractivity contribution in [2.45, 2.75) is 25.2 Å². The Morgan fingerprint density at radius 2 is 1.69 bits per heavy atom. The van der Waals surface area contributed by atoms with Crippen LogP contribution in [0.5, 0.6) is 0 Å². The number of carboxylic acid groups (broad SMARTS) is 1. The fourth-order valence-electron chi connectivity index (χ4n) is 4.86. The molecule has 1 fully saturated rings. The van der Waals surface area contributed by atoms with Crippen LogP contribution in [0.1, 0.15) is 17.8 Å². The van der Waals surface area contributed by atoms with E-state index in [1.165, 1.54) is 0 Å². The van der Waals surface area contributed by atoms with Crippen molar-refractivity contribution in [3.8, 4) is 5.69 Å². The van der Waals surface area contributed by atoms with Gasteiger partial charge in [0.05, 0.1) is 28.7 Å². The summed E-state index contributed by atoms with van der Waals surface area (Å²) in [7, 11) is -3.93. The van der Waals surface area contributed by atoms with Crippen molar-refractivity contribution >= 4 is 38.1 Å². The summed E-state index contributed by atoms with van der Waals surface area (Å²) in [6, 6.07) is 20.6. The van der Waals surface area contributed by atoms with Crippen LogP contribution in [0.2, 0.25) is 0 Å². The lowest BCUT2D eigenvalue weighted by Gasteiger charge is -2.22. The van der Waals surface area contributed by atoms with Crippen LogP contribution in [-0.2, 0) is 14.8 Å². The van der Waals surface area contributed by atoms with Gasteiger partial charge in [0.2, 0.25) is 0 Å². The molecule has 0 aliphatic carbocycles. The van der Waals surface area contributed by atoms with Gasteiger partial charge in [0.15, 0.2) is 0 Å². The van der Waals surface area contributed by atoms with Crippen molar-refractivity contribution in [3.63, 3.8) is 0 Å². The highest BCUT2D eigenvalue weighted by Crippen LogP contribution is 2.36. The van der Waals surface area contributed by atoms with E-state index < -0.39 is 21.9 Å². The van der Waals surface area contributed by atoms with Gasteiger partial charge in [-0.2, -0.15) is 5.10 Å². The summed E-state index contributed by atoms with van der Waals surface area (Å²) < 4.78 is 31.5. The highest BCUT2D eigenvalue weighted by Gasteiger charge is 2.30. The minimum atomic E-state index is -3.93. The molecule has 35 heavy (non-hydrogen) atoms. The lowest BCUT2D eigenvalue weighted by Crippen LogP contribution is -2.23. The topological polar surface area (TPSA) is 105 Å². The molecular formula is C26H26N4O4S. The Labute approximate surface area is 203 Å². The zero-order valence-electron chi connectivity index (χ0n) is 19.5. The maximum atomic E-state index is 13.6. The molecule has 0 spiro atoms. The van der Waals surface area contributed by atoms with Gasteiger partial charge >= 0.3 is 5.97 Å². The standard InChI is InChI=1S/C26H26N4O4S/c1-17-25(18(2)30(27-17)20-8-4-3-5-9-20)35(33,34)28-23-12-13-24(22-11-7-6-10-21(22)23)29-15-14-19(16-29)26(31)32/h3-13,19,28H,14-16H2,1-2H3,(H,31,32)/t19-/m0/s1. The first-order valence-electron chi connectivity index (χ1n) is 11.4. The maximum Gasteiger partial charge on any atom is 0.308 e. The number of carboxylic acids is 1. The Kier molecular flexibility index (Phi) is 5.72. The van der Waals surface area contributed by atoms with Crippen LogP contribution < -0.4 is 9.62 Å². The molecule has 9 heteroatoms. The van der Waals surface area contributed by atoms with Gasteiger partial charge in [-0.3, -0.25) is 9.52 Å². The Bertz CT molecular complexity index is 1530. The second-order valence-electron chi connectivity index (χ2n) is 8.80. The predicted molar refractivity (Wildman–Crippen MR) is 136 cm³/mol. The van der Waals surface area contributed by atoms with Crippen molar-refractivity contribution in [2.75, 3.05) is 22.7 Å². The number of aryl methyl sites for hydroxylation is 1. The molecule has 1 aliphatic rings. The monoisotopic (exact) mass is 490 g/mol. The van der Waals surface area contributed by atoms with E-state index in [2.05, 4.69) is 14.7 Å². The number of aliphatic carboxylic acids is 1. The number of hydrogen-bond donors (Lipinski definition) is 2. The third kappa shape index (κ3) is 4.12. The van der Waals surface area contributed by atoms with E-state index in [9.17, 15) is 18.3 Å². The van der Waals surface area contributed by atoms with Crippen molar-refractivity contribution in [1.82, 2.24) is 9.78 Å². The summed E-state index contributed by atoms with van der Waals surface area (Å²) in [4.78, 5) is 13.6.